The number of nitrogens with zero attached hydrogens (tertiary/aromatic N) is 2. The molecule has 2 aromatic rings. The third kappa shape index (κ3) is 5.40. The molecule has 1 aliphatic heterocycles. The van der Waals surface area contributed by atoms with Crippen LogP contribution in [0.3, 0.4) is 0 Å². The molecule has 2 atom stereocenters. The molecule has 1 aromatic carbocycles. The first-order valence-corrected chi connectivity index (χ1v) is 13.3. The normalized spacial score (nSPS) is 21.8. The number of carbonyl (C=O) groups excluding carboxylic acids is 1. The summed E-state index contributed by atoms with van der Waals surface area (Å²) in [6.07, 6.45) is 6.66. The van der Waals surface area contributed by atoms with Gasteiger partial charge in [0.05, 0.1) is 11.4 Å². The van der Waals surface area contributed by atoms with E-state index in [2.05, 4.69) is 4.98 Å². The number of hydrogen-bond donors (Lipinski definition) is 0. The zero-order valence-corrected chi connectivity index (χ0v) is 18.7. The predicted octanol–water partition coefficient (Wildman–Crippen LogP) is 3.82. The van der Waals surface area contributed by atoms with Crippen LogP contribution in [-0.2, 0) is 27.0 Å². The smallest absolute Gasteiger partial charge is 0.238 e. The maximum Gasteiger partial charge on any atom is 0.238 e. The number of fused-ring (bicyclic) bond motifs is 1. The Morgan fingerprint density at radius 3 is 2.73 bits per heavy atom. The van der Waals surface area contributed by atoms with Gasteiger partial charge in [0, 0.05) is 18.0 Å². The number of ether oxygens (including phenoxy) is 1. The third-order valence-corrected chi connectivity index (χ3v) is 8.27. The number of sulfone groups is 1. The van der Waals surface area contributed by atoms with Gasteiger partial charge in [-0.1, -0.05) is 31.0 Å². The monoisotopic (exact) mass is 448 g/mol. The van der Waals surface area contributed by atoms with Gasteiger partial charge in [-0.2, -0.15) is 0 Å². The number of hydrogen-bond acceptors (Lipinski definition) is 6. The van der Waals surface area contributed by atoms with E-state index in [1.807, 2.05) is 35.2 Å². The molecule has 1 aromatic heterocycles. The van der Waals surface area contributed by atoms with E-state index in [1.54, 1.807) is 5.38 Å². The summed E-state index contributed by atoms with van der Waals surface area (Å²) in [5, 5.41) is 2.46. The fourth-order valence-corrected chi connectivity index (χ4v) is 6.68. The summed E-state index contributed by atoms with van der Waals surface area (Å²) in [6.45, 7) is 0.984. The van der Waals surface area contributed by atoms with Crippen molar-refractivity contribution >= 4 is 27.1 Å². The van der Waals surface area contributed by atoms with Crippen LogP contribution in [0, 0.1) is 5.92 Å². The lowest BCUT2D eigenvalue weighted by molar-refractivity contribution is -0.134. The number of benzene rings is 1. The molecule has 30 heavy (non-hydrogen) atoms. The minimum atomic E-state index is -3.56. The quantitative estimate of drug-likeness (QED) is 0.644. The first kappa shape index (κ1) is 21.3. The molecule has 1 saturated carbocycles. The van der Waals surface area contributed by atoms with Gasteiger partial charge < -0.3 is 9.64 Å². The van der Waals surface area contributed by atoms with Crippen LogP contribution in [0.4, 0.5) is 0 Å². The summed E-state index contributed by atoms with van der Waals surface area (Å²) in [7, 11) is -3.56. The molecule has 0 spiro atoms. The average molecular weight is 449 g/mol. The van der Waals surface area contributed by atoms with Crippen molar-refractivity contribution in [1.82, 2.24) is 9.88 Å². The lowest BCUT2D eigenvalue weighted by Gasteiger charge is -2.44. The molecule has 1 saturated heterocycles. The van der Waals surface area contributed by atoms with Crippen LogP contribution >= 0.6 is 11.3 Å². The van der Waals surface area contributed by atoms with Gasteiger partial charge in [-0.05, 0) is 43.7 Å². The first-order chi connectivity index (χ1) is 14.5. The Hall–Kier alpha value is -1.93. The number of likely N-dealkylation sites (tertiary alicyclic amines) is 1. The Kier molecular flexibility index (Phi) is 6.73. The minimum Gasteiger partial charge on any atom is -0.486 e. The number of para-hydroxylation sites is 1. The molecule has 1 aliphatic carbocycles. The fourth-order valence-electron chi connectivity index (χ4n) is 4.63. The van der Waals surface area contributed by atoms with E-state index in [9.17, 15) is 13.2 Å². The predicted molar refractivity (Wildman–Crippen MR) is 117 cm³/mol. The van der Waals surface area contributed by atoms with Crippen LogP contribution in [-0.4, -0.2) is 42.5 Å². The highest BCUT2D eigenvalue weighted by Crippen LogP contribution is 2.35. The Bertz CT molecular complexity index is 957. The van der Waals surface area contributed by atoms with Crippen LogP contribution in [0.5, 0.6) is 5.75 Å². The highest BCUT2D eigenvalue weighted by Gasteiger charge is 2.36. The van der Waals surface area contributed by atoms with E-state index >= 15 is 0 Å². The third-order valence-electron chi connectivity index (χ3n) is 5.98. The Labute approximate surface area is 182 Å². The highest BCUT2D eigenvalue weighted by molar-refractivity contribution is 7.91. The van der Waals surface area contributed by atoms with Gasteiger partial charge in [-0.15, -0.1) is 11.3 Å². The lowest BCUT2D eigenvalue weighted by atomic mass is 9.78. The number of piperidine rings is 1. The summed E-state index contributed by atoms with van der Waals surface area (Å²) in [4.78, 5) is 19.1. The SMILES string of the molecule is O=C(CS(=O)(=O)Cc1csc(COc2ccccc2)n1)N1CCCC2CCCCC21. The van der Waals surface area contributed by atoms with Crippen molar-refractivity contribution in [3.8, 4) is 5.75 Å². The fraction of sp³-hybridized carbons (Fsp3) is 0.545. The summed E-state index contributed by atoms with van der Waals surface area (Å²) in [6, 6.07) is 9.66. The molecule has 1 amide bonds. The molecule has 0 radical (unpaired) electrons. The van der Waals surface area contributed by atoms with E-state index in [4.69, 9.17) is 4.74 Å². The topological polar surface area (TPSA) is 76.6 Å². The van der Waals surface area contributed by atoms with Crippen molar-refractivity contribution in [2.24, 2.45) is 5.92 Å². The van der Waals surface area contributed by atoms with Crippen LogP contribution < -0.4 is 4.74 Å². The van der Waals surface area contributed by atoms with Crippen molar-refractivity contribution in [1.29, 1.82) is 0 Å². The van der Waals surface area contributed by atoms with Crippen molar-refractivity contribution in [2.45, 2.75) is 56.9 Å². The van der Waals surface area contributed by atoms with Crippen LogP contribution in [0.15, 0.2) is 35.7 Å². The number of carbonyl (C=O) groups is 1. The van der Waals surface area contributed by atoms with Crippen LogP contribution in [0.2, 0.25) is 0 Å². The second-order valence-corrected chi connectivity index (χ2v) is 11.2. The van der Waals surface area contributed by atoms with Gasteiger partial charge in [-0.25, -0.2) is 13.4 Å². The summed E-state index contributed by atoms with van der Waals surface area (Å²) >= 11 is 1.38. The van der Waals surface area contributed by atoms with Crippen molar-refractivity contribution in [3.63, 3.8) is 0 Å². The second-order valence-electron chi connectivity index (χ2n) is 8.21. The van der Waals surface area contributed by atoms with Gasteiger partial charge in [0.1, 0.15) is 23.1 Å². The van der Waals surface area contributed by atoms with E-state index in [1.165, 1.54) is 17.8 Å². The molecule has 2 aliphatic rings. The summed E-state index contributed by atoms with van der Waals surface area (Å²) in [5.41, 5.74) is 0.480. The number of rotatable bonds is 7. The van der Waals surface area contributed by atoms with Gasteiger partial charge >= 0.3 is 0 Å². The average Bonchev–Trinajstić information content (AvgIpc) is 3.18. The van der Waals surface area contributed by atoms with Gasteiger partial charge in [0.25, 0.3) is 0 Å². The highest BCUT2D eigenvalue weighted by atomic mass is 32.2. The number of amides is 1. The minimum absolute atomic E-state index is 0.206. The van der Waals surface area contributed by atoms with Crippen molar-refractivity contribution in [3.05, 3.63) is 46.4 Å². The molecule has 0 N–H and O–H groups in total. The maximum absolute atomic E-state index is 12.8. The lowest BCUT2D eigenvalue weighted by Crippen LogP contribution is -2.51. The number of aromatic nitrogens is 1. The Balaban J connectivity index is 1.33. The zero-order chi connectivity index (χ0) is 21.0. The number of thiazole rings is 1. The molecule has 162 valence electrons. The Morgan fingerprint density at radius 1 is 1.13 bits per heavy atom. The van der Waals surface area contributed by atoms with E-state index < -0.39 is 15.6 Å². The molecular weight excluding hydrogens is 420 g/mol. The summed E-state index contributed by atoms with van der Waals surface area (Å²) < 4.78 is 31.0. The molecule has 8 heteroatoms. The van der Waals surface area contributed by atoms with E-state index in [0.29, 0.717) is 24.8 Å². The van der Waals surface area contributed by atoms with Gasteiger partial charge in [0.15, 0.2) is 9.84 Å². The molecule has 2 heterocycles. The van der Waals surface area contributed by atoms with Crippen LogP contribution in [0.1, 0.15) is 49.2 Å². The molecule has 4 rings (SSSR count). The summed E-state index contributed by atoms with van der Waals surface area (Å²) in [5.74, 6) is 0.417. The Morgan fingerprint density at radius 2 is 1.90 bits per heavy atom. The van der Waals surface area contributed by atoms with Crippen molar-refractivity contribution < 1.29 is 17.9 Å². The zero-order valence-electron chi connectivity index (χ0n) is 17.0. The first-order valence-electron chi connectivity index (χ1n) is 10.6. The maximum atomic E-state index is 12.8. The molecule has 2 unspecified atom stereocenters. The van der Waals surface area contributed by atoms with Gasteiger partial charge in [0.2, 0.25) is 5.91 Å². The van der Waals surface area contributed by atoms with E-state index in [-0.39, 0.29) is 17.7 Å². The molecule has 6 nitrogen and oxygen atoms in total. The molecular formula is C22H28N2O4S2. The van der Waals surface area contributed by atoms with Crippen molar-refractivity contribution in [2.75, 3.05) is 12.3 Å². The van der Waals surface area contributed by atoms with Gasteiger partial charge in [-0.3, -0.25) is 4.79 Å². The molecule has 0 bridgehead atoms. The second kappa shape index (κ2) is 9.47. The van der Waals surface area contributed by atoms with E-state index in [0.717, 1.165) is 42.9 Å². The van der Waals surface area contributed by atoms with Crippen LogP contribution in [0.25, 0.3) is 0 Å². The largest absolute Gasteiger partial charge is 0.486 e. The standard InChI is InChI=1S/C22H28N2O4S2/c25-22(24-12-6-8-17-7-4-5-11-20(17)24)16-30(26,27)15-18-14-29-21(23-18)13-28-19-9-2-1-3-10-19/h1-3,9-10,14,17,20H,4-8,11-13,15-16H2. The molecule has 2 fully saturated rings.